The summed E-state index contributed by atoms with van der Waals surface area (Å²) < 4.78 is 27.5. The van der Waals surface area contributed by atoms with Crippen LogP contribution in [0.15, 0.2) is 36.4 Å². The van der Waals surface area contributed by atoms with Gasteiger partial charge in [0, 0.05) is 22.0 Å². The summed E-state index contributed by atoms with van der Waals surface area (Å²) in [5.74, 6) is -2.49. The Hall–Kier alpha value is -1.65. The summed E-state index contributed by atoms with van der Waals surface area (Å²) >= 11 is 12.2. The molecule has 0 unspecified atom stereocenters. The lowest BCUT2D eigenvalue weighted by Crippen LogP contribution is -2.37. The van der Waals surface area contributed by atoms with Gasteiger partial charge in [0.1, 0.15) is 17.2 Å². The fourth-order valence-corrected chi connectivity index (χ4v) is 3.81. The van der Waals surface area contributed by atoms with Gasteiger partial charge in [-0.2, -0.15) is 0 Å². The highest BCUT2D eigenvalue weighted by atomic mass is 35.5. The van der Waals surface area contributed by atoms with Gasteiger partial charge in [-0.25, -0.2) is 8.78 Å². The van der Waals surface area contributed by atoms with E-state index < -0.39 is 23.1 Å². The minimum Gasteiger partial charge on any atom is -0.349 e. The Labute approximate surface area is 148 Å². The molecule has 0 saturated heterocycles. The molecule has 0 spiro atoms. The lowest BCUT2D eigenvalue weighted by atomic mass is 9.93. The number of hydrogen-bond acceptors (Lipinski definition) is 1. The van der Waals surface area contributed by atoms with E-state index in [2.05, 4.69) is 5.32 Å². The third kappa shape index (κ3) is 3.40. The summed E-state index contributed by atoms with van der Waals surface area (Å²) in [6.07, 6.45) is 2.46. The Kier molecular flexibility index (Phi) is 5.07. The quantitative estimate of drug-likeness (QED) is 0.777. The molecule has 24 heavy (non-hydrogen) atoms. The fourth-order valence-electron chi connectivity index (χ4n) is 3.26. The molecule has 126 valence electrons. The minimum absolute atomic E-state index is 0.00597. The zero-order chi connectivity index (χ0) is 17.3. The number of hydrogen-bond donors (Lipinski definition) is 1. The normalized spacial score (nSPS) is 20.2. The first kappa shape index (κ1) is 17.2. The first-order valence-corrected chi connectivity index (χ1v) is 8.43. The second-order valence-corrected chi connectivity index (χ2v) is 6.72. The van der Waals surface area contributed by atoms with Gasteiger partial charge in [0.05, 0.1) is 0 Å². The molecular weight excluding hydrogens is 355 g/mol. The number of carbonyl (C=O) groups excluding carboxylic acids is 1. The Morgan fingerprint density at radius 2 is 1.79 bits per heavy atom. The lowest BCUT2D eigenvalue weighted by molar-refractivity contribution is 0.0926. The van der Waals surface area contributed by atoms with Crippen molar-refractivity contribution in [3.05, 3.63) is 69.2 Å². The van der Waals surface area contributed by atoms with Crippen LogP contribution in [0.2, 0.25) is 10.0 Å². The third-order valence-electron chi connectivity index (χ3n) is 4.38. The van der Waals surface area contributed by atoms with Gasteiger partial charge >= 0.3 is 0 Å². The molecular formula is C18H15Cl2F2NO. The molecule has 1 N–H and O–H groups in total. The average molecular weight is 370 g/mol. The van der Waals surface area contributed by atoms with E-state index in [1.54, 1.807) is 12.1 Å². The smallest absolute Gasteiger partial charge is 0.257 e. The van der Waals surface area contributed by atoms with Gasteiger partial charge in [-0.15, -0.1) is 0 Å². The van der Waals surface area contributed by atoms with Gasteiger partial charge in [-0.3, -0.25) is 4.79 Å². The Morgan fingerprint density at radius 1 is 1.08 bits per heavy atom. The Morgan fingerprint density at radius 3 is 2.46 bits per heavy atom. The molecule has 0 aromatic heterocycles. The molecule has 1 saturated carbocycles. The standard InChI is InChI=1S/C18H15Cl2F2NO/c19-10-7-8-11(13(20)9-10)12-3-1-6-16(12)23-18(24)17-14(21)4-2-5-15(17)22/h2,4-5,7-9,12,16H,1,3,6H2,(H,23,24)/t12-,16-/m0/s1. The maximum Gasteiger partial charge on any atom is 0.257 e. The topological polar surface area (TPSA) is 29.1 Å². The zero-order valence-electron chi connectivity index (χ0n) is 12.7. The number of carbonyl (C=O) groups is 1. The number of rotatable bonds is 3. The molecule has 6 heteroatoms. The summed E-state index contributed by atoms with van der Waals surface area (Å²) in [7, 11) is 0. The molecule has 1 aliphatic rings. The van der Waals surface area contributed by atoms with Crippen molar-refractivity contribution in [1.29, 1.82) is 0 Å². The van der Waals surface area contributed by atoms with Crippen molar-refractivity contribution in [3.63, 3.8) is 0 Å². The van der Waals surface area contributed by atoms with Crippen molar-refractivity contribution in [2.75, 3.05) is 0 Å². The molecule has 2 aromatic rings. The van der Waals surface area contributed by atoms with Crippen LogP contribution >= 0.6 is 23.2 Å². The first-order chi connectivity index (χ1) is 11.5. The third-order valence-corrected chi connectivity index (χ3v) is 4.95. The maximum atomic E-state index is 13.8. The van der Waals surface area contributed by atoms with Gasteiger partial charge in [-0.05, 0) is 42.7 Å². The van der Waals surface area contributed by atoms with E-state index in [9.17, 15) is 13.6 Å². The van der Waals surface area contributed by atoms with Gasteiger partial charge in [-0.1, -0.05) is 41.8 Å². The van der Waals surface area contributed by atoms with Crippen molar-refractivity contribution in [1.82, 2.24) is 5.32 Å². The molecule has 3 rings (SSSR count). The van der Waals surface area contributed by atoms with Crippen LogP contribution < -0.4 is 5.32 Å². The molecule has 0 bridgehead atoms. The number of amides is 1. The molecule has 1 fully saturated rings. The predicted molar refractivity (Wildman–Crippen MR) is 90.7 cm³/mol. The predicted octanol–water partition coefficient (Wildman–Crippen LogP) is 5.34. The number of nitrogens with one attached hydrogen (secondary N) is 1. The summed E-state index contributed by atoms with van der Waals surface area (Å²) in [4.78, 5) is 12.3. The highest BCUT2D eigenvalue weighted by molar-refractivity contribution is 6.35. The summed E-state index contributed by atoms with van der Waals surface area (Å²) in [5, 5.41) is 3.83. The van der Waals surface area contributed by atoms with Crippen LogP contribution in [0.4, 0.5) is 8.78 Å². The summed E-state index contributed by atoms with van der Waals surface area (Å²) in [6.45, 7) is 0. The van der Waals surface area contributed by atoms with Crippen LogP contribution in [0, 0.1) is 11.6 Å². The largest absolute Gasteiger partial charge is 0.349 e. The highest BCUT2D eigenvalue weighted by Gasteiger charge is 2.32. The second-order valence-electron chi connectivity index (χ2n) is 5.88. The molecule has 2 nitrogen and oxygen atoms in total. The van der Waals surface area contributed by atoms with Crippen molar-refractivity contribution in [2.24, 2.45) is 0 Å². The van der Waals surface area contributed by atoms with Crippen molar-refractivity contribution >= 4 is 29.1 Å². The monoisotopic (exact) mass is 369 g/mol. The molecule has 2 atom stereocenters. The van der Waals surface area contributed by atoms with Gasteiger partial charge in [0.15, 0.2) is 0 Å². The SMILES string of the molecule is O=C(N[C@H]1CCC[C@H]1c1ccc(Cl)cc1Cl)c1c(F)cccc1F. The van der Waals surface area contributed by atoms with Crippen LogP contribution in [0.3, 0.4) is 0 Å². The zero-order valence-corrected chi connectivity index (χ0v) is 14.2. The number of benzene rings is 2. The van der Waals surface area contributed by atoms with Crippen molar-refractivity contribution in [3.8, 4) is 0 Å². The maximum absolute atomic E-state index is 13.8. The Balaban J connectivity index is 1.83. The van der Waals surface area contributed by atoms with Crippen LogP contribution in [0.1, 0.15) is 41.1 Å². The first-order valence-electron chi connectivity index (χ1n) is 7.67. The molecule has 2 aromatic carbocycles. The van der Waals surface area contributed by atoms with E-state index in [4.69, 9.17) is 23.2 Å². The Bertz CT molecular complexity index is 761. The summed E-state index contributed by atoms with van der Waals surface area (Å²) in [5.41, 5.74) is 0.336. The van der Waals surface area contributed by atoms with Crippen LogP contribution in [0.25, 0.3) is 0 Å². The van der Waals surface area contributed by atoms with Crippen LogP contribution in [-0.2, 0) is 0 Å². The second kappa shape index (κ2) is 7.08. The van der Waals surface area contributed by atoms with Crippen molar-refractivity contribution < 1.29 is 13.6 Å². The molecule has 0 heterocycles. The van der Waals surface area contributed by atoms with Gasteiger partial charge in [0.2, 0.25) is 0 Å². The van der Waals surface area contributed by atoms with E-state index in [0.717, 1.165) is 37.0 Å². The molecule has 0 radical (unpaired) electrons. The highest BCUT2D eigenvalue weighted by Crippen LogP contribution is 2.39. The minimum atomic E-state index is -0.869. The van der Waals surface area contributed by atoms with Gasteiger partial charge in [0.25, 0.3) is 5.91 Å². The summed E-state index contributed by atoms with van der Waals surface area (Å²) in [6, 6.07) is 8.38. The average Bonchev–Trinajstić information content (AvgIpc) is 2.95. The molecule has 0 aliphatic heterocycles. The van der Waals surface area contributed by atoms with Gasteiger partial charge < -0.3 is 5.32 Å². The van der Waals surface area contributed by atoms with E-state index >= 15 is 0 Å². The van der Waals surface area contributed by atoms with Crippen LogP contribution in [-0.4, -0.2) is 11.9 Å². The fraction of sp³-hybridized carbons (Fsp3) is 0.278. The van der Waals surface area contributed by atoms with Crippen LogP contribution in [0.5, 0.6) is 0 Å². The van der Waals surface area contributed by atoms with E-state index in [-0.39, 0.29) is 12.0 Å². The lowest BCUT2D eigenvalue weighted by Gasteiger charge is -2.22. The van der Waals surface area contributed by atoms with E-state index in [1.165, 1.54) is 6.07 Å². The van der Waals surface area contributed by atoms with E-state index in [0.29, 0.717) is 10.0 Å². The van der Waals surface area contributed by atoms with Crippen molar-refractivity contribution in [2.45, 2.75) is 31.2 Å². The van der Waals surface area contributed by atoms with E-state index in [1.807, 2.05) is 6.07 Å². The number of halogens is 4. The molecule has 1 aliphatic carbocycles. The molecule has 1 amide bonds.